The lowest BCUT2D eigenvalue weighted by Gasteiger charge is -2.18. The number of benzene rings is 1. The smallest absolute Gasteiger partial charge is 0.191 e. The van der Waals surface area contributed by atoms with E-state index in [4.69, 9.17) is 9.47 Å². The van der Waals surface area contributed by atoms with E-state index in [-0.39, 0.29) is 35.9 Å². The van der Waals surface area contributed by atoms with Crippen molar-refractivity contribution < 1.29 is 13.9 Å². The maximum absolute atomic E-state index is 12.9. The molecule has 0 saturated carbocycles. The minimum Gasteiger partial charge on any atom is -0.379 e. The summed E-state index contributed by atoms with van der Waals surface area (Å²) in [5, 5.41) is 6.60. The lowest BCUT2D eigenvalue weighted by molar-refractivity contribution is 0.0420. The molecule has 2 rings (SSSR count). The van der Waals surface area contributed by atoms with Gasteiger partial charge in [0, 0.05) is 46.4 Å². The quantitative estimate of drug-likeness (QED) is 0.226. The topological polar surface area (TPSA) is 58.1 Å². The molecule has 2 N–H and O–H groups in total. The summed E-state index contributed by atoms with van der Waals surface area (Å²) in [5.74, 6) is 0.597. The van der Waals surface area contributed by atoms with Gasteiger partial charge in [0.2, 0.25) is 0 Å². The summed E-state index contributed by atoms with van der Waals surface area (Å²) in [4.78, 5) is 6.41. The third kappa shape index (κ3) is 10.2. The largest absolute Gasteiger partial charge is 0.379 e. The van der Waals surface area contributed by atoms with Crippen molar-refractivity contribution in [2.24, 2.45) is 4.99 Å². The van der Waals surface area contributed by atoms with E-state index < -0.39 is 0 Å². The van der Waals surface area contributed by atoms with E-state index in [1.54, 1.807) is 7.05 Å². The van der Waals surface area contributed by atoms with Crippen molar-refractivity contribution in [2.75, 3.05) is 53.6 Å². The van der Waals surface area contributed by atoms with Crippen LogP contribution in [0.1, 0.15) is 18.4 Å². The molecule has 1 aromatic carbocycles. The van der Waals surface area contributed by atoms with Gasteiger partial charge in [0.15, 0.2) is 5.96 Å². The first-order valence-corrected chi connectivity index (χ1v) is 9.24. The third-order valence-electron chi connectivity index (χ3n) is 4.23. The molecule has 1 unspecified atom stereocenters. The summed E-state index contributed by atoms with van der Waals surface area (Å²) in [6.07, 6.45) is 2.20. The van der Waals surface area contributed by atoms with Crippen LogP contribution in [0, 0.1) is 5.82 Å². The molecule has 1 aromatic rings. The summed E-state index contributed by atoms with van der Waals surface area (Å²) in [6, 6.07) is 6.63. The minimum atomic E-state index is -0.199. The van der Waals surface area contributed by atoms with Gasteiger partial charge in [-0.15, -0.1) is 24.0 Å². The Morgan fingerprint density at radius 3 is 2.70 bits per heavy atom. The van der Waals surface area contributed by atoms with Gasteiger partial charge in [-0.3, -0.25) is 4.99 Å². The molecule has 6 nitrogen and oxygen atoms in total. The van der Waals surface area contributed by atoms with E-state index in [0.29, 0.717) is 0 Å². The fourth-order valence-corrected chi connectivity index (χ4v) is 2.74. The van der Waals surface area contributed by atoms with Crippen molar-refractivity contribution in [3.8, 4) is 0 Å². The van der Waals surface area contributed by atoms with Gasteiger partial charge in [-0.1, -0.05) is 12.1 Å². The SMILES string of the molecule is CN=C(NCCCOC1CCOC1)NCCN(C)Cc1ccc(F)cc1.I. The zero-order valence-corrected chi connectivity index (χ0v) is 18.6. The molecule has 0 radical (unpaired) electrons. The van der Waals surface area contributed by atoms with Crippen molar-refractivity contribution in [2.45, 2.75) is 25.5 Å². The number of guanidine groups is 1. The lowest BCUT2D eigenvalue weighted by Crippen LogP contribution is -2.41. The fraction of sp³-hybridized carbons (Fsp3) is 0.632. The van der Waals surface area contributed by atoms with Crippen LogP contribution in [0.3, 0.4) is 0 Å². The Hall–Kier alpha value is -0.970. The Labute approximate surface area is 178 Å². The van der Waals surface area contributed by atoms with Crippen LogP contribution in [-0.2, 0) is 16.0 Å². The summed E-state index contributed by atoms with van der Waals surface area (Å²) in [5.41, 5.74) is 1.10. The van der Waals surface area contributed by atoms with Crippen molar-refractivity contribution in [3.63, 3.8) is 0 Å². The Morgan fingerprint density at radius 2 is 2.04 bits per heavy atom. The second-order valence-corrected chi connectivity index (χ2v) is 6.50. The first kappa shape index (κ1) is 24.1. The molecule has 0 aliphatic carbocycles. The van der Waals surface area contributed by atoms with Gasteiger partial charge < -0.3 is 25.0 Å². The van der Waals surface area contributed by atoms with Crippen LogP contribution in [-0.4, -0.2) is 70.5 Å². The Bertz CT molecular complexity index is 539. The maximum Gasteiger partial charge on any atom is 0.191 e. The predicted molar refractivity (Wildman–Crippen MR) is 117 cm³/mol. The number of nitrogens with one attached hydrogen (secondary N) is 2. The predicted octanol–water partition coefficient (Wildman–Crippen LogP) is 2.24. The molecule has 1 aliphatic heterocycles. The second-order valence-electron chi connectivity index (χ2n) is 6.50. The van der Waals surface area contributed by atoms with Gasteiger partial charge in [-0.2, -0.15) is 0 Å². The average Bonchev–Trinajstić information content (AvgIpc) is 3.15. The van der Waals surface area contributed by atoms with E-state index in [0.717, 1.165) is 70.4 Å². The molecule has 1 aliphatic rings. The third-order valence-corrected chi connectivity index (χ3v) is 4.23. The van der Waals surface area contributed by atoms with E-state index in [2.05, 4.69) is 20.5 Å². The van der Waals surface area contributed by atoms with Crippen molar-refractivity contribution >= 4 is 29.9 Å². The van der Waals surface area contributed by atoms with Crippen LogP contribution >= 0.6 is 24.0 Å². The number of nitrogens with zero attached hydrogens (tertiary/aromatic N) is 2. The molecule has 0 aromatic heterocycles. The molecule has 1 atom stereocenters. The molecule has 27 heavy (non-hydrogen) atoms. The number of hydrogen-bond donors (Lipinski definition) is 2. The summed E-state index contributed by atoms with van der Waals surface area (Å²) < 4.78 is 24.0. The number of halogens is 2. The maximum atomic E-state index is 12.9. The summed E-state index contributed by atoms with van der Waals surface area (Å²) in [7, 11) is 3.81. The Morgan fingerprint density at radius 1 is 1.30 bits per heavy atom. The van der Waals surface area contributed by atoms with E-state index in [9.17, 15) is 4.39 Å². The summed E-state index contributed by atoms with van der Waals surface area (Å²) >= 11 is 0. The fourth-order valence-electron chi connectivity index (χ4n) is 2.74. The normalized spacial score (nSPS) is 17.0. The van der Waals surface area contributed by atoms with Crippen LogP contribution in [0.5, 0.6) is 0 Å². The lowest BCUT2D eigenvalue weighted by atomic mass is 10.2. The highest BCUT2D eigenvalue weighted by molar-refractivity contribution is 14.0. The number of likely N-dealkylation sites (N-methyl/N-ethyl adjacent to an activating group) is 1. The molecule has 8 heteroatoms. The van der Waals surface area contributed by atoms with Crippen molar-refractivity contribution in [3.05, 3.63) is 35.6 Å². The second kappa shape index (κ2) is 14.1. The van der Waals surface area contributed by atoms with Crippen LogP contribution in [0.2, 0.25) is 0 Å². The van der Waals surface area contributed by atoms with E-state index >= 15 is 0 Å². The molecule has 1 heterocycles. The molecular weight excluding hydrogens is 462 g/mol. The Kier molecular flexibility index (Phi) is 12.6. The zero-order valence-electron chi connectivity index (χ0n) is 16.2. The number of ether oxygens (including phenoxy) is 2. The summed E-state index contributed by atoms with van der Waals surface area (Å²) in [6.45, 7) is 5.53. The molecule has 0 spiro atoms. The highest BCUT2D eigenvalue weighted by atomic mass is 127. The Balaban J connectivity index is 0.00000364. The minimum absolute atomic E-state index is 0. The first-order chi connectivity index (χ1) is 12.7. The van der Waals surface area contributed by atoms with Crippen molar-refractivity contribution in [1.82, 2.24) is 15.5 Å². The van der Waals surface area contributed by atoms with Crippen LogP contribution in [0.15, 0.2) is 29.3 Å². The monoisotopic (exact) mass is 494 g/mol. The van der Waals surface area contributed by atoms with Gasteiger partial charge in [-0.05, 0) is 37.6 Å². The standard InChI is InChI=1S/C19H31FN4O2.HI/c1-21-19(22-9-3-12-26-18-8-13-25-15-18)23-10-11-24(2)14-16-4-6-17(20)7-5-16;/h4-7,18H,3,8-15H2,1-2H3,(H2,21,22,23);1H. The van der Waals surface area contributed by atoms with E-state index in [1.165, 1.54) is 12.1 Å². The molecule has 1 fully saturated rings. The van der Waals surface area contributed by atoms with Gasteiger partial charge >= 0.3 is 0 Å². The number of hydrogen-bond acceptors (Lipinski definition) is 4. The van der Waals surface area contributed by atoms with Crippen LogP contribution in [0.4, 0.5) is 4.39 Å². The highest BCUT2D eigenvalue weighted by Crippen LogP contribution is 2.08. The van der Waals surface area contributed by atoms with Crippen LogP contribution in [0.25, 0.3) is 0 Å². The number of aliphatic imine (C=N–C) groups is 1. The van der Waals surface area contributed by atoms with E-state index in [1.807, 2.05) is 19.2 Å². The molecular formula is C19H32FIN4O2. The average molecular weight is 494 g/mol. The molecule has 1 saturated heterocycles. The van der Waals surface area contributed by atoms with Crippen molar-refractivity contribution in [1.29, 1.82) is 0 Å². The van der Waals surface area contributed by atoms with Gasteiger partial charge in [0.25, 0.3) is 0 Å². The first-order valence-electron chi connectivity index (χ1n) is 9.24. The zero-order chi connectivity index (χ0) is 18.6. The molecule has 154 valence electrons. The number of rotatable bonds is 10. The van der Waals surface area contributed by atoms with Gasteiger partial charge in [0.1, 0.15) is 5.82 Å². The molecule has 0 bridgehead atoms. The molecule has 0 amide bonds. The van der Waals surface area contributed by atoms with Gasteiger partial charge in [-0.25, -0.2) is 4.39 Å². The highest BCUT2D eigenvalue weighted by Gasteiger charge is 2.15. The van der Waals surface area contributed by atoms with Gasteiger partial charge in [0.05, 0.1) is 12.7 Å². The van der Waals surface area contributed by atoms with Crippen LogP contribution < -0.4 is 10.6 Å².